The number of fused-ring (bicyclic) bond motifs is 4. The molecule has 45 heavy (non-hydrogen) atoms. The van der Waals surface area contributed by atoms with Crippen LogP contribution in [0.5, 0.6) is 0 Å². The summed E-state index contributed by atoms with van der Waals surface area (Å²) in [6.07, 6.45) is 1.91. The maximum absolute atomic E-state index is 5.08. The molecule has 7 aromatic carbocycles. The lowest BCUT2D eigenvalue weighted by Crippen LogP contribution is -1.97. The highest BCUT2D eigenvalue weighted by Gasteiger charge is 2.19. The largest absolute Gasteiger partial charge is 0.292 e. The Balaban J connectivity index is 1.25. The van der Waals surface area contributed by atoms with Gasteiger partial charge in [-0.1, -0.05) is 121 Å². The van der Waals surface area contributed by atoms with Gasteiger partial charge in [-0.05, 0) is 74.6 Å². The Morgan fingerprint density at radius 1 is 0.444 bits per heavy atom. The molecule has 0 saturated heterocycles. The Hall–Kier alpha value is -6.06. The molecule has 2 aromatic heterocycles. The first-order chi connectivity index (χ1) is 22.3. The quantitative estimate of drug-likeness (QED) is 0.196. The van der Waals surface area contributed by atoms with Crippen LogP contribution in [0.4, 0.5) is 0 Å². The predicted octanol–water partition coefficient (Wildman–Crippen LogP) is 10.9. The molecule has 9 rings (SSSR count). The highest BCUT2D eigenvalue weighted by atomic mass is 15.1. The second kappa shape index (κ2) is 10.3. The monoisotopic (exact) mass is 573 g/mol. The number of imidazole rings is 1. The van der Waals surface area contributed by atoms with Gasteiger partial charge >= 0.3 is 0 Å². The summed E-state index contributed by atoms with van der Waals surface area (Å²) in [5.74, 6) is 0.928. The number of para-hydroxylation sites is 3. The zero-order chi connectivity index (χ0) is 29.7. The van der Waals surface area contributed by atoms with Crippen LogP contribution in [0.3, 0.4) is 0 Å². The Labute approximate surface area is 260 Å². The van der Waals surface area contributed by atoms with Crippen LogP contribution in [-0.4, -0.2) is 14.5 Å². The van der Waals surface area contributed by atoms with E-state index in [2.05, 4.69) is 144 Å². The molecule has 3 nitrogen and oxygen atoms in total. The van der Waals surface area contributed by atoms with Crippen LogP contribution in [0.25, 0.3) is 82.8 Å². The molecule has 0 aliphatic heterocycles. The van der Waals surface area contributed by atoms with Crippen molar-refractivity contribution in [2.75, 3.05) is 0 Å². The smallest absolute Gasteiger partial charge is 0.145 e. The Bertz CT molecular complexity index is 2470. The Morgan fingerprint density at radius 3 is 1.93 bits per heavy atom. The van der Waals surface area contributed by atoms with Crippen molar-refractivity contribution in [1.82, 2.24) is 14.5 Å². The highest BCUT2D eigenvalue weighted by Crippen LogP contribution is 2.43. The van der Waals surface area contributed by atoms with Crippen molar-refractivity contribution in [3.8, 4) is 39.3 Å². The van der Waals surface area contributed by atoms with E-state index in [0.29, 0.717) is 0 Å². The normalized spacial score (nSPS) is 11.6. The lowest BCUT2D eigenvalue weighted by Gasteiger charge is -2.17. The summed E-state index contributed by atoms with van der Waals surface area (Å²) < 4.78 is 2.25. The van der Waals surface area contributed by atoms with Crippen LogP contribution in [0, 0.1) is 0 Å². The van der Waals surface area contributed by atoms with Gasteiger partial charge in [0.05, 0.1) is 16.6 Å². The summed E-state index contributed by atoms with van der Waals surface area (Å²) in [6.45, 7) is 0. The van der Waals surface area contributed by atoms with Crippen molar-refractivity contribution < 1.29 is 0 Å². The van der Waals surface area contributed by atoms with Crippen LogP contribution < -0.4 is 0 Å². The van der Waals surface area contributed by atoms with E-state index in [1.165, 1.54) is 38.2 Å². The molecule has 0 atom stereocenters. The van der Waals surface area contributed by atoms with Crippen molar-refractivity contribution in [2.45, 2.75) is 0 Å². The van der Waals surface area contributed by atoms with E-state index in [0.717, 1.165) is 44.6 Å². The molecule has 0 N–H and O–H groups in total. The molecule has 2 heterocycles. The lowest BCUT2D eigenvalue weighted by atomic mass is 9.87. The van der Waals surface area contributed by atoms with E-state index < -0.39 is 0 Å². The molecule has 0 bridgehead atoms. The zero-order valence-electron chi connectivity index (χ0n) is 24.4. The number of aromatic nitrogens is 3. The van der Waals surface area contributed by atoms with E-state index in [-0.39, 0.29) is 0 Å². The van der Waals surface area contributed by atoms with Crippen LogP contribution in [0.2, 0.25) is 0 Å². The molecule has 210 valence electrons. The maximum Gasteiger partial charge on any atom is 0.145 e. The van der Waals surface area contributed by atoms with Gasteiger partial charge in [-0.15, -0.1) is 0 Å². The molecule has 3 heteroatoms. The van der Waals surface area contributed by atoms with Gasteiger partial charge in [0, 0.05) is 28.4 Å². The maximum atomic E-state index is 5.08. The third kappa shape index (κ3) is 4.13. The standard InChI is InChI=1S/C42H27N3/c1-2-13-33(14-3-1)45-38-19-9-8-18-37(38)44-42(45)30-23-21-29(22-24-30)39-34-15-6-7-16-35(34)40(41-36(39)17-10-26-43-41)32-25-20-28-11-4-5-12-31(28)27-32/h1-27H. The van der Waals surface area contributed by atoms with E-state index >= 15 is 0 Å². The molecule has 0 aliphatic rings. The van der Waals surface area contributed by atoms with Crippen LogP contribution in [0.15, 0.2) is 164 Å². The second-order valence-corrected chi connectivity index (χ2v) is 11.4. The van der Waals surface area contributed by atoms with Crippen LogP contribution in [-0.2, 0) is 0 Å². The topological polar surface area (TPSA) is 30.7 Å². The Morgan fingerprint density at radius 2 is 1.09 bits per heavy atom. The van der Waals surface area contributed by atoms with Crippen molar-refractivity contribution >= 4 is 43.5 Å². The van der Waals surface area contributed by atoms with Gasteiger partial charge in [0.25, 0.3) is 0 Å². The van der Waals surface area contributed by atoms with Crippen molar-refractivity contribution in [2.24, 2.45) is 0 Å². The number of nitrogens with zero attached hydrogens (tertiary/aromatic N) is 3. The number of benzene rings is 7. The summed E-state index contributed by atoms with van der Waals surface area (Å²) in [5.41, 5.74) is 9.94. The van der Waals surface area contributed by atoms with Gasteiger partial charge in [-0.25, -0.2) is 4.98 Å². The molecule has 0 saturated carbocycles. The molecule has 0 aliphatic carbocycles. The number of rotatable bonds is 4. The molecule has 0 amide bonds. The molecule has 0 unspecified atom stereocenters. The van der Waals surface area contributed by atoms with Gasteiger partial charge in [-0.3, -0.25) is 9.55 Å². The minimum atomic E-state index is 0.928. The second-order valence-electron chi connectivity index (χ2n) is 11.4. The molecule has 0 radical (unpaired) electrons. The zero-order valence-corrected chi connectivity index (χ0v) is 24.4. The van der Waals surface area contributed by atoms with E-state index in [4.69, 9.17) is 9.97 Å². The van der Waals surface area contributed by atoms with Crippen molar-refractivity contribution in [3.05, 3.63) is 164 Å². The summed E-state index contributed by atoms with van der Waals surface area (Å²) in [4.78, 5) is 10.1. The third-order valence-corrected chi connectivity index (χ3v) is 8.82. The highest BCUT2D eigenvalue weighted by molar-refractivity contribution is 6.20. The summed E-state index contributed by atoms with van der Waals surface area (Å²) in [7, 11) is 0. The first kappa shape index (κ1) is 25.4. The van der Waals surface area contributed by atoms with Crippen LogP contribution >= 0.6 is 0 Å². The molecular formula is C42H27N3. The van der Waals surface area contributed by atoms with E-state index in [1.54, 1.807) is 0 Å². The fraction of sp³-hybridized carbons (Fsp3) is 0. The Kier molecular flexibility index (Phi) is 5.82. The summed E-state index contributed by atoms with van der Waals surface area (Å²) >= 11 is 0. The molecule has 0 spiro atoms. The summed E-state index contributed by atoms with van der Waals surface area (Å²) in [6, 6.07) is 55.9. The van der Waals surface area contributed by atoms with E-state index in [1.807, 2.05) is 24.4 Å². The fourth-order valence-corrected chi connectivity index (χ4v) is 6.79. The van der Waals surface area contributed by atoms with Gasteiger partial charge in [0.1, 0.15) is 5.82 Å². The number of hydrogen-bond donors (Lipinski definition) is 0. The molecule has 0 fully saturated rings. The van der Waals surface area contributed by atoms with E-state index in [9.17, 15) is 0 Å². The summed E-state index contributed by atoms with van der Waals surface area (Å²) in [5, 5.41) is 6.02. The minimum Gasteiger partial charge on any atom is -0.292 e. The third-order valence-electron chi connectivity index (χ3n) is 8.82. The number of hydrogen-bond acceptors (Lipinski definition) is 2. The lowest BCUT2D eigenvalue weighted by molar-refractivity contribution is 1.10. The minimum absolute atomic E-state index is 0.928. The predicted molar refractivity (Wildman–Crippen MR) is 188 cm³/mol. The number of pyridine rings is 1. The van der Waals surface area contributed by atoms with Gasteiger partial charge in [0.2, 0.25) is 0 Å². The fourth-order valence-electron chi connectivity index (χ4n) is 6.79. The first-order valence-electron chi connectivity index (χ1n) is 15.3. The average Bonchev–Trinajstić information content (AvgIpc) is 3.50. The SMILES string of the molecule is c1ccc(-n2c(-c3ccc(-c4c5ccccc5c(-c5ccc6ccccc6c5)c5ncccc45)cc3)nc3ccccc32)cc1. The van der Waals surface area contributed by atoms with Gasteiger partial charge < -0.3 is 0 Å². The van der Waals surface area contributed by atoms with Gasteiger partial charge in [-0.2, -0.15) is 0 Å². The molecular weight excluding hydrogens is 546 g/mol. The van der Waals surface area contributed by atoms with Crippen LogP contribution in [0.1, 0.15) is 0 Å². The first-order valence-corrected chi connectivity index (χ1v) is 15.3. The van der Waals surface area contributed by atoms with Crippen molar-refractivity contribution in [3.63, 3.8) is 0 Å². The van der Waals surface area contributed by atoms with Crippen molar-refractivity contribution in [1.29, 1.82) is 0 Å². The molecule has 9 aromatic rings. The van der Waals surface area contributed by atoms with Gasteiger partial charge in [0.15, 0.2) is 0 Å². The average molecular weight is 574 g/mol.